The van der Waals surface area contributed by atoms with E-state index in [0.717, 1.165) is 12.8 Å². The number of aromatic nitrogens is 2. The van der Waals surface area contributed by atoms with Gasteiger partial charge in [0.1, 0.15) is 6.54 Å². The summed E-state index contributed by atoms with van der Waals surface area (Å²) >= 11 is 0. The van der Waals surface area contributed by atoms with E-state index in [0.29, 0.717) is 17.7 Å². The van der Waals surface area contributed by atoms with Crippen LogP contribution >= 0.6 is 0 Å². The third-order valence-corrected chi connectivity index (χ3v) is 4.54. The first-order valence-corrected chi connectivity index (χ1v) is 8.48. The van der Waals surface area contributed by atoms with E-state index in [9.17, 15) is 27.6 Å². The Labute approximate surface area is 152 Å². The lowest BCUT2D eigenvalue weighted by Crippen LogP contribution is -2.39. The number of rotatable bonds is 4. The summed E-state index contributed by atoms with van der Waals surface area (Å²) in [5, 5.41) is 0. The fourth-order valence-corrected chi connectivity index (χ4v) is 3.19. The smallest absolute Gasteiger partial charge is 0.341 e. The van der Waals surface area contributed by atoms with Crippen molar-refractivity contribution in [1.82, 2.24) is 19.4 Å². The number of fused-ring (bicyclic) bond motifs is 1. The maximum atomic E-state index is 12.6. The van der Waals surface area contributed by atoms with Crippen molar-refractivity contribution in [2.75, 3.05) is 26.7 Å². The molecule has 0 atom stereocenters. The number of amides is 2. The number of halogens is 3. The molecule has 2 amide bonds. The normalized spacial score (nSPS) is 14.7. The summed E-state index contributed by atoms with van der Waals surface area (Å²) in [4.78, 5) is 41.8. The number of aromatic amines is 1. The summed E-state index contributed by atoms with van der Waals surface area (Å²) in [7, 11) is 1.48. The van der Waals surface area contributed by atoms with Gasteiger partial charge in [0.05, 0.1) is 17.6 Å². The second-order valence-electron chi connectivity index (χ2n) is 6.61. The molecule has 2 aromatic rings. The van der Waals surface area contributed by atoms with Crippen LogP contribution in [0.1, 0.15) is 23.2 Å². The van der Waals surface area contributed by atoms with Gasteiger partial charge in [-0.3, -0.25) is 14.2 Å². The van der Waals surface area contributed by atoms with Gasteiger partial charge in [0.2, 0.25) is 5.91 Å². The van der Waals surface area contributed by atoms with Crippen molar-refractivity contribution in [3.05, 3.63) is 34.2 Å². The van der Waals surface area contributed by atoms with Gasteiger partial charge in [0.15, 0.2) is 0 Å². The van der Waals surface area contributed by atoms with Crippen molar-refractivity contribution >= 4 is 22.8 Å². The van der Waals surface area contributed by atoms with E-state index in [4.69, 9.17) is 0 Å². The third kappa shape index (κ3) is 4.15. The molecule has 0 radical (unpaired) electrons. The summed E-state index contributed by atoms with van der Waals surface area (Å²) < 4.78 is 38.4. The zero-order valence-electron chi connectivity index (χ0n) is 14.7. The molecule has 1 aromatic carbocycles. The zero-order valence-corrected chi connectivity index (χ0v) is 14.7. The van der Waals surface area contributed by atoms with Crippen LogP contribution in [-0.4, -0.2) is 64.0 Å². The second-order valence-corrected chi connectivity index (χ2v) is 6.61. The second kappa shape index (κ2) is 7.09. The predicted molar refractivity (Wildman–Crippen MR) is 91.4 cm³/mol. The van der Waals surface area contributed by atoms with Crippen LogP contribution in [0.15, 0.2) is 23.0 Å². The summed E-state index contributed by atoms with van der Waals surface area (Å²) in [5.41, 5.74) is -0.525. The van der Waals surface area contributed by atoms with Crippen molar-refractivity contribution < 1.29 is 22.8 Å². The molecule has 0 aliphatic carbocycles. The molecule has 3 rings (SSSR count). The topological polar surface area (TPSA) is 78.4 Å². The van der Waals surface area contributed by atoms with Gasteiger partial charge < -0.3 is 14.8 Å². The molecule has 1 aromatic heterocycles. The molecule has 7 nitrogen and oxygen atoms in total. The van der Waals surface area contributed by atoms with Crippen molar-refractivity contribution in [3.63, 3.8) is 0 Å². The standard InChI is InChI=1S/C17H19F3N4O3/c1-22(9-14(25)23-6-2-3-7-23)15(26)11-4-5-13-12(8-11)21-16(27)24(13)10-17(18,19)20/h4-5,8H,2-3,6-7,9-10H2,1H3,(H,21,27). The van der Waals surface area contributed by atoms with E-state index >= 15 is 0 Å². The Hall–Kier alpha value is -2.78. The molecule has 1 aliphatic heterocycles. The summed E-state index contributed by atoms with van der Waals surface area (Å²) in [6.07, 6.45) is -2.64. The quantitative estimate of drug-likeness (QED) is 0.870. The van der Waals surface area contributed by atoms with Crippen molar-refractivity contribution in [1.29, 1.82) is 0 Å². The Morgan fingerprint density at radius 3 is 2.52 bits per heavy atom. The van der Waals surface area contributed by atoms with E-state index in [1.165, 1.54) is 30.1 Å². The van der Waals surface area contributed by atoms with Crippen LogP contribution in [0.2, 0.25) is 0 Å². The van der Waals surface area contributed by atoms with Crippen LogP contribution in [0.25, 0.3) is 11.0 Å². The molecule has 1 N–H and O–H groups in total. The molecule has 10 heteroatoms. The number of hydrogen-bond donors (Lipinski definition) is 1. The lowest BCUT2D eigenvalue weighted by molar-refractivity contribution is -0.140. The lowest BCUT2D eigenvalue weighted by atomic mass is 10.1. The number of H-pyrrole nitrogens is 1. The average Bonchev–Trinajstić information content (AvgIpc) is 3.21. The van der Waals surface area contributed by atoms with Crippen LogP contribution in [0.3, 0.4) is 0 Å². The zero-order chi connectivity index (χ0) is 19.8. The molecular weight excluding hydrogens is 365 g/mol. The first-order chi connectivity index (χ1) is 12.7. The van der Waals surface area contributed by atoms with E-state index < -0.39 is 24.3 Å². The molecule has 2 heterocycles. The van der Waals surface area contributed by atoms with Crippen LogP contribution in [0.4, 0.5) is 13.2 Å². The number of benzene rings is 1. The average molecular weight is 384 g/mol. The monoisotopic (exact) mass is 384 g/mol. The van der Waals surface area contributed by atoms with Crippen molar-refractivity contribution in [2.24, 2.45) is 0 Å². The fourth-order valence-electron chi connectivity index (χ4n) is 3.19. The molecule has 1 fully saturated rings. The number of likely N-dealkylation sites (N-methyl/N-ethyl adjacent to an activating group) is 1. The van der Waals surface area contributed by atoms with Crippen LogP contribution < -0.4 is 5.69 Å². The third-order valence-electron chi connectivity index (χ3n) is 4.54. The van der Waals surface area contributed by atoms with Gasteiger partial charge in [-0.05, 0) is 31.0 Å². The van der Waals surface area contributed by atoms with E-state index in [1.807, 2.05) is 0 Å². The number of alkyl halides is 3. The van der Waals surface area contributed by atoms with Crippen LogP contribution in [-0.2, 0) is 11.3 Å². The maximum absolute atomic E-state index is 12.6. The molecule has 146 valence electrons. The summed E-state index contributed by atoms with van der Waals surface area (Å²) in [6.45, 7) is -0.132. The fraction of sp³-hybridized carbons (Fsp3) is 0.471. The number of imidazole rings is 1. The SMILES string of the molecule is CN(CC(=O)N1CCCC1)C(=O)c1ccc2c(c1)[nH]c(=O)n2CC(F)(F)F. The van der Waals surface area contributed by atoms with E-state index in [2.05, 4.69) is 4.98 Å². The van der Waals surface area contributed by atoms with Gasteiger partial charge >= 0.3 is 11.9 Å². The highest BCUT2D eigenvalue weighted by Crippen LogP contribution is 2.21. The minimum atomic E-state index is -4.54. The first kappa shape index (κ1) is 19.0. The Morgan fingerprint density at radius 2 is 1.89 bits per heavy atom. The summed E-state index contributed by atoms with van der Waals surface area (Å²) in [5.74, 6) is -0.594. The number of hydrogen-bond acceptors (Lipinski definition) is 3. The highest BCUT2D eigenvalue weighted by molar-refractivity contribution is 5.98. The van der Waals surface area contributed by atoms with Gasteiger partial charge in [-0.2, -0.15) is 13.2 Å². The number of nitrogens with zero attached hydrogens (tertiary/aromatic N) is 3. The number of likely N-dealkylation sites (tertiary alicyclic amines) is 1. The van der Waals surface area contributed by atoms with E-state index in [1.54, 1.807) is 4.90 Å². The minimum absolute atomic E-state index is 0.0599. The Kier molecular flexibility index (Phi) is 4.99. The Bertz CT molecular complexity index is 926. The molecule has 0 bridgehead atoms. The van der Waals surface area contributed by atoms with Crippen LogP contribution in [0.5, 0.6) is 0 Å². The highest BCUT2D eigenvalue weighted by atomic mass is 19.4. The van der Waals surface area contributed by atoms with Gasteiger partial charge in [-0.15, -0.1) is 0 Å². The predicted octanol–water partition coefficient (Wildman–Crippen LogP) is 1.59. The first-order valence-electron chi connectivity index (χ1n) is 8.48. The Morgan fingerprint density at radius 1 is 1.22 bits per heavy atom. The number of nitrogens with one attached hydrogen (secondary N) is 1. The van der Waals surface area contributed by atoms with Gasteiger partial charge in [0.25, 0.3) is 5.91 Å². The van der Waals surface area contributed by atoms with Gasteiger partial charge in [0, 0.05) is 25.7 Å². The number of carbonyl (C=O) groups excluding carboxylic acids is 2. The van der Waals surface area contributed by atoms with Gasteiger partial charge in [-0.1, -0.05) is 0 Å². The minimum Gasteiger partial charge on any atom is -0.341 e. The number of carbonyl (C=O) groups is 2. The van der Waals surface area contributed by atoms with Gasteiger partial charge in [-0.25, -0.2) is 4.79 Å². The molecule has 1 aliphatic rings. The molecule has 27 heavy (non-hydrogen) atoms. The Balaban J connectivity index is 1.79. The highest BCUT2D eigenvalue weighted by Gasteiger charge is 2.30. The van der Waals surface area contributed by atoms with Crippen molar-refractivity contribution in [2.45, 2.75) is 25.6 Å². The van der Waals surface area contributed by atoms with E-state index in [-0.39, 0.29) is 29.0 Å². The molecule has 1 saturated heterocycles. The molecule has 0 spiro atoms. The van der Waals surface area contributed by atoms with Crippen LogP contribution in [0, 0.1) is 0 Å². The largest absolute Gasteiger partial charge is 0.406 e. The summed E-state index contributed by atoms with van der Waals surface area (Å²) in [6, 6.07) is 3.97. The molecular formula is C17H19F3N4O3. The molecule has 0 unspecified atom stereocenters. The molecule has 0 saturated carbocycles. The lowest BCUT2D eigenvalue weighted by Gasteiger charge is -2.21. The maximum Gasteiger partial charge on any atom is 0.406 e. The van der Waals surface area contributed by atoms with Crippen molar-refractivity contribution in [3.8, 4) is 0 Å².